The lowest BCUT2D eigenvalue weighted by atomic mass is 10.0. The number of aromatic hydroxyl groups is 1. The van der Waals surface area contributed by atoms with Gasteiger partial charge in [0.05, 0.1) is 17.8 Å². The Balaban J connectivity index is 1.91. The minimum absolute atomic E-state index is 0.158. The Morgan fingerprint density at radius 3 is 1.72 bits per heavy atom. The third-order valence-corrected chi connectivity index (χ3v) is 6.75. The van der Waals surface area contributed by atoms with E-state index in [1.807, 2.05) is 0 Å². The highest BCUT2D eigenvalue weighted by Gasteiger charge is 2.02. The summed E-state index contributed by atoms with van der Waals surface area (Å²) in [6.45, 7) is 2.67. The molecule has 1 aromatic rings. The Morgan fingerprint density at radius 2 is 1.25 bits per heavy atom. The molecule has 0 saturated carbocycles. The third kappa shape index (κ3) is 18.3. The van der Waals surface area contributed by atoms with E-state index < -0.39 is 13.0 Å². The van der Waals surface area contributed by atoms with Gasteiger partial charge in [0.15, 0.2) is 11.5 Å². The van der Waals surface area contributed by atoms with Crippen molar-refractivity contribution < 1.29 is 23.5 Å². The third-order valence-electron chi connectivity index (χ3n) is 6.75. The maximum Gasteiger partial charge on any atom is 0.330 e. The van der Waals surface area contributed by atoms with Crippen LogP contribution in [0.5, 0.6) is 11.5 Å². The molecular weight excluding hydrogens is 448 g/mol. The molecule has 1 aromatic carbocycles. The normalized spacial score (nSPS) is 12.9. The fourth-order valence-electron chi connectivity index (χ4n) is 4.46. The van der Waals surface area contributed by atoms with Crippen LogP contribution in [0.3, 0.4) is 0 Å². The minimum Gasteiger partial charge on any atom is -0.504 e. The molecule has 0 aliphatic carbocycles. The lowest BCUT2D eigenvalue weighted by Crippen LogP contribution is -2.02. The van der Waals surface area contributed by atoms with Gasteiger partial charge in [-0.1, -0.05) is 135 Å². The zero-order valence-corrected chi connectivity index (χ0v) is 22.9. The maximum absolute atomic E-state index is 11.9. The monoisotopic (exact) mass is 505 g/mol. The number of benzene rings is 1. The van der Waals surface area contributed by atoms with E-state index in [-0.39, 0.29) is 11.5 Å². The predicted molar refractivity (Wildman–Crippen MR) is 153 cm³/mol. The summed E-state index contributed by atoms with van der Waals surface area (Å²) in [5.74, 6) is -0.875. The van der Waals surface area contributed by atoms with Crippen molar-refractivity contribution in [1.29, 1.82) is 0 Å². The molecule has 0 spiro atoms. The summed E-state index contributed by atoms with van der Waals surface area (Å²) in [5.41, 5.74) is 0.530. The second kappa shape index (κ2) is 23.4. The van der Waals surface area contributed by atoms with Crippen LogP contribution in [0.15, 0.2) is 24.3 Å². The van der Waals surface area contributed by atoms with Gasteiger partial charge in [0.25, 0.3) is 0 Å². The first kappa shape index (κ1) is 27.1. The lowest BCUT2D eigenvalue weighted by molar-refractivity contribution is -0.137. The quantitative estimate of drug-likeness (QED) is 0.0862. The minimum atomic E-state index is -2.66. The van der Waals surface area contributed by atoms with Crippen LogP contribution in [0.2, 0.25) is 0 Å². The van der Waals surface area contributed by atoms with Gasteiger partial charge in [0.2, 0.25) is 0 Å². The molecule has 0 aliphatic rings. The summed E-state index contributed by atoms with van der Waals surface area (Å²) >= 11 is 0. The van der Waals surface area contributed by atoms with E-state index >= 15 is 0 Å². The first-order valence-electron chi connectivity index (χ1n) is 16.2. The molecule has 0 fully saturated rings. The molecule has 0 radical (unpaired) electrons. The number of carbonyl (C=O) groups excluding carboxylic acids is 1. The van der Waals surface area contributed by atoms with Crippen LogP contribution < -0.4 is 4.74 Å². The number of hydrogen-bond acceptors (Lipinski definition) is 4. The molecule has 0 unspecified atom stereocenters. The standard InChI is InChI=1S/C32H54O4/c1-3-4-5-6-7-8-9-10-11-12-13-14-15-16-17-18-19-20-21-22-27-36-32(34)26-24-29-23-25-30(33)31(28-29)35-2/h23-26,28,33H,3-22,27H2,1-2H3/b26-24+/i2D3. The average Bonchev–Trinajstić information content (AvgIpc) is 2.89. The van der Waals surface area contributed by atoms with Gasteiger partial charge in [-0.3, -0.25) is 0 Å². The molecule has 1 N–H and O–H groups in total. The molecule has 36 heavy (non-hydrogen) atoms. The van der Waals surface area contributed by atoms with Crippen molar-refractivity contribution >= 4 is 12.0 Å². The molecule has 0 aromatic heterocycles. The second-order valence-electron chi connectivity index (χ2n) is 10.0. The number of rotatable bonds is 24. The fourth-order valence-corrected chi connectivity index (χ4v) is 4.46. The number of phenolic OH excluding ortho intramolecular Hbond substituents is 1. The molecule has 4 heteroatoms. The smallest absolute Gasteiger partial charge is 0.330 e. The van der Waals surface area contributed by atoms with Gasteiger partial charge in [0.1, 0.15) is 0 Å². The number of unbranched alkanes of at least 4 members (excludes halogenated alkanes) is 19. The summed E-state index contributed by atoms with van der Waals surface area (Å²) in [6, 6.07) is 4.25. The molecule has 0 saturated heterocycles. The highest BCUT2D eigenvalue weighted by molar-refractivity contribution is 5.87. The highest BCUT2D eigenvalue weighted by Crippen LogP contribution is 2.26. The van der Waals surface area contributed by atoms with Crippen molar-refractivity contribution in [2.45, 2.75) is 135 Å². The molecule has 4 nitrogen and oxygen atoms in total. The van der Waals surface area contributed by atoms with E-state index in [1.165, 1.54) is 140 Å². The highest BCUT2D eigenvalue weighted by atomic mass is 16.5. The molecule has 1 rings (SSSR count). The van der Waals surface area contributed by atoms with Crippen LogP contribution in [-0.4, -0.2) is 24.7 Å². The Labute approximate surface area is 226 Å². The van der Waals surface area contributed by atoms with E-state index in [1.54, 1.807) is 6.07 Å². The van der Waals surface area contributed by atoms with E-state index in [0.29, 0.717) is 12.2 Å². The van der Waals surface area contributed by atoms with Gasteiger partial charge >= 0.3 is 5.97 Å². The summed E-state index contributed by atoms with van der Waals surface area (Å²) in [6.07, 6.45) is 29.4. The molecule has 0 bridgehead atoms. The van der Waals surface area contributed by atoms with Gasteiger partial charge < -0.3 is 14.6 Å². The SMILES string of the molecule is [2H]C([2H])([2H])Oc1cc(/C=C/C(=O)OCCCCCCCCCCCCCCCCCCCCCC)ccc1O. The van der Waals surface area contributed by atoms with E-state index in [2.05, 4.69) is 6.92 Å². The van der Waals surface area contributed by atoms with Crippen molar-refractivity contribution in [1.82, 2.24) is 0 Å². The van der Waals surface area contributed by atoms with E-state index in [4.69, 9.17) is 13.6 Å². The van der Waals surface area contributed by atoms with Gasteiger partial charge in [0, 0.05) is 6.08 Å². The van der Waals surface area contributed by atoms with Crippen LogP contribution in [0.1, 0.15) is 145 Å². The Bertz CT molecular complexity index is 777. The van der Waals surface area contributed by atoms with Crippen LogP contribution in [-0.2, 0) is 9.53 Å². The van der Waals surface area contributed by atoms with Crippen molar-refractivity contribution in [2.24, 2.45) is 0 Å². The van der Waals surface area contributed by atoms with Crippen molar-refractivity contribution in [3.8, 4) is 11.5 Å². The first-order valence-corrected chi connectivity index (χ1v) is 14.7. The number of carbonyl (C=O) groups is 1. The summed E-state index contributed by atoms with van der Waals surface area (Å²) in [5, 5.41) is 9.72. The average molecular weight is 506 g/mol. The molecular formula is C32H54O4. The molecule has 0 heterocycles. The van der Waals surface area contributed by atoms with Crippen LogP contribution in [0.25, 0.3) is 6.08 Å². The summed E-state index contributed by atoms with van der Waals surface area (Å²) in [7, 11) is -2.66. The topological polar surface area (TPSA) is 55.8 Å². The van der Waals surface area contributed by atoms with Gasteiger partial charge in [-0.2, -0.15) is 0 Å². The van der Waals surface area contributed by atoms with E-state index in [9.17, 15) is 9.90 Å². The maximum atomic E-state index is 11.9. The molecule has 206 valence electrons. The number of ether oxygens (including phenoxy) is 2. The second-order valence-corrected chi connectivity index (χ2v) is 10.0. The molecule has 0 aliphatic heterocycles. The number of methoxy groups -OCH3 is 1. The van der Waals surface area contributed by atoms with Crippen LogP contribution in [0.4, 0.5) is 0 Å². The largest absolute Gasteiger partial charge is 0.504 e. The predicted octanol–water partition coefficient (Wildman–Crippen LogP) is 9.78. The lowest BCUT2D eigenvalue weighted by Gasteiger charge is -2.05. The fraction of sp³-hybridized carbons (Fsp3) is 0.719. The van der Waals surface area contributed by atoms with Gasteiger partial charge in [-0.25, -0.2) is 4.79 Å². The molecule has 0 amide bonds. The molecule has 0 atom stereocenters. The van der Waals surface area contributed by atoms with Gasteiger partial charge in [-0.05, 0) is 30.2 Å². The van der Waals surface area contributed by atoms with Crippen molar-refractivity contribution in [3.63, 3.8) is 0 Å². The Morgan fingerprint density at radius 1 is 0.778 bits per heavy atom. The van der Waals surface area contributed by atoms with Crippen molar-refractivity contribution in [3.05, 3.63) is 29.8 Å². The van der Waals surface area contributed by atoms with Crippen molar-refractivity contribution in [2.75, 3.05) is 13.6 Å². The Kier molecular flexibility index (Phi) is 17.6. The zero-order valence-electron chi connectivity index (χ0n) is 25.9. The summed E-state index contributed by atoms with van der Waals surface area (Å²) in [4.78, 5) is 11.9. The number of esters is 1. The Hall–Kier alpha value is -1.97. The van der Waals surface area contributed by atoms with Gasteiger partial charge in [-0.15, -0.1) is 0 Å². The summed E-state index contributed by atoms with van der Waals surface area (Å²) < 4.78 is 31.4. The van der Waals surface area contributed by atoms with Crippen LogP contribution in [0, 0.1) is 0 Å². The first-order chi connectivity index (χ1) is 18.8. The number of hydrogen-bond donors (Lipinski definition) is 1. The van der Waals surface area contributed by atoms with Crippen LogP contribution >= 0.6 is 0 Å². The zero-order chi connectivity index (χ0) is 28.6. The van der Waals surface area contributed by atoms with E-state index in [0.717, 1.165) is 12.8 Å². The number of phenols is 1.